The summed E-state index contributed by atoms with van der Waals surface area (Å²) >= 11 is 0. The summed E-state index contributed by atoms with van der Waals surface area (Å²) in [6.07, 6.45) is 3.80. The van der Waals surface area contributed by atoms with Gasteiger partial charge in [0.15, 0.2) is 5.78 Å². The van der Waals surface area contributed by atoms with Crippen LogP contribution in [0.5, 0.6) is 0 Å². The Balaban J connectivity index is 1.63. The van der Waals surface area contributed by atoms with Crippen molar-refractivity contribution in [3.63, 3.8) is 0 Å². The predicted octanol–water partition coefficient (Wildman–Crippen LogP) is 2.94. The molecule has 0 bridgehead atoms. The van der Waals surface area contributed by atoms with Crippen LogP contribution in [0.3, 0.4) is 0 Å². The lowest BCUT2D eigenvalue weighted by Crippen LogP contribution is -2.49. The summed E-state index contributed by atoms with van der Waals surface area (Å²) in [6, 6.07) is 11.4. The Morgan fingerprint density at radius 2 is 2.06 bits per heavy atom. The second-order valence-corrected chi connectivity index (χ2v) is 8.42. The van der Waals surface area contributed by atoms with Crippen LogP contribution in [0.15, 0.2) is 63.8 Å². The molecule has 1 amide bonds. The van der Waals surface area contributed by atoms with Crippen molar-refractivity contribution in [2.75, 3.05) is 11.4 Å². The number of amides is 1. The monoisotopic (exact) mass is 413 g/mol. The number of ether oxygens (including phenoxy) is 1. The van der Waals surface area contributed by atoms with Crippen LogP contribution in [0.1, 0.15) is 42.1 Å². The summed E-state index contributed by atoms with van der Waals surface area (Å²) in [5.74, 6) is 0.235. The van der Waals surface area contributed by atoms with E-state index in [1.54, 1.807) is 17.2 Å². The number of anilines is 1. The minimum Gasteiger partial charge on any atom is -0.469 e. The van der Waals surface area contributed by atoms with Gasteiger partial charge in [-0.1, -0.05) is 18.2 Å². The van der Waals surface area contributed by atoms with Gasteiger partial charge in [-0.05, 0) is 30.5 Å². The van der Waals surface area contributed by atoms with Gasteiger partial charge >= 0.3 is 0 Å². The highest BCUT2D eigenvalue weighted by atomic mass is 16.5. The SMILES string of the molecule is N#CC1=C(N)OC2=C(C(=O)C[C@@H](c3ccco3)C2)[C@]12C(=O)N1CCCc3cccc2c31. The third-order valence-electron chi connectivity index (χ3n) is 6.90. The van der Waals surface area contributed by atoms with Crippen LogP contribution in [0.2, 0.25) is 0 Å². The van der Waals surface area contributed by atoms with E-state index in [-0.39, 0.29) is 41.1 Å². The second-order valence-electron chi connectivity index (χ2n) is 8.42. The number of para-hydroxylation sites is 1. The number of rotatable bonds is 1. The van der Waals surface area contributed by atoms with Crippen molar-refractivity contribution in [2.24, 2.45) is 5.73 Å². The molecule has 2 aromatic rings. The van der Waals surface area contributed by atoms with Crippen molar-refractivity contribution in [3.05, 3.63) is 76.3 Å². The van der Waals surface area contributed by atoms with Crippen LogP contribution in [-0.2, 0) is 26.2 Å². The lowest BCUT2D eigenvalue weighted by atomic mass is 9.64. The van der Waals surface area contributed by atoms with E-state index >= 15 is 0 Å². The molecule has 7 nitrogen and oxygen atoms in total. The fourth-order valence-electron chi connectivity index (χ4n) is 5.71. The number of furan rings is 1. The van der Waals surface area contributed by atoms with Crippen molar-refractivity contribution in [3.8, 4) is 6.07 Å². The van der Waals surface area contributed by atoms with Gasteiger partial charge in [0.1, 0.15) is 28.6 Å². The molecule has 4 heterocycles. The lowest BCUT2D eigenvalue weighted by molar-refractivity contribution is -0.125. The van der Waals surface area contributed by atoms with E-state index in [2.05, 4.69) is 6.07 Å². The minimum atomic E-state index is -1.53. The van der Waals surface area contributed by atoms with Crippen molar-refractivity contribution >= 4 is 17.4 Å². The molecule has 0 saturated heterocycles. The van der Waals surface area contributed by atoms with Crippen LogP contribution in [0.25, 0.3) is 0 Å². The third-order valence-corrected chi connectivity index (χ3v) is 6.90. The zero-order valence-corrected chi connectivity index (χ0v) is 16.7. The summed E-state index contributed by atoms with van der Waals surface area (Å²) in [4.78, 5) is 29.3. The van der Waals surface area contributed by atoms with Gasteiger partial charge in [-0.2, -0.15) is 5.26 Å². The second kappa shape index (κ2) is 6.11. The molecule has 2 atom stereocenters. The highest BCUT2D eigenvalue weighted by Crippen LogP contribution is 2.58. The molecular formula is C24H19N3O4. The van der Waals surface area contributed by atoms with Gasteiger partial charge in [-0.3, -0.25) is 9.59 Å². The molecule has 0 saturated carbocycles. The number of fused-ring (bicyclic) bond motifs is 2. The molecule has 0 unspecified atom stereocenters. The molecule has 1 spiro atoms. The highest BCUT2D eigenvalue weighted by Gasteiger charge is 2.63. The fraction of sp³-hybridized carbons (Fsp3) is 0.292. The number of hydrogen-bond acceptors (Lipinski definition) is 6. The average Bonchev–Trinajstić information content (AvgIpc) is 3.38. The van der Waals surface area contributed by atoms with Crippen LogP contribution < -0.4 is 10.6 Å². The number of carbonyl (C=O) groups is 2. The fourth-order valence-corrected chi connectivity index (χ4v) is 5.71. The number of benzene rings is 1. The topological polar surface area (TPSA) is 110 Å². The molecule has 154 valence electrons. The zero-order valence-electron chi connectivity index (χ0n) is 16.7. The smallest absolute Gasteiger partial charge is 0.247 e. The van der Waals surface area contributed by atoms with Gasteiger partial charge in [0.25, 0.3) is 0 Å². The number of hydrogen-bond donors (Lipinski definition) is 1. The maximum Gasteiger partial charge on any atom is 0.247 e. The van der Waals surface area contributed by atoms with E-state index in [0.29, 0.717) is 30.0 Å². The largest absolute Gasteiger partial charge is 0.469 e. The zero-order chi connectivity index (χ0) is 21.3. The van der Waals surface area contributed by atoms with E-state index in [9.17, 15) is 14.9 Å². The van der Waals surface area contributed by atoms with Crippen LogP contribution in [0.4, 0.5) is 5.69 Å². The van der Waals surface area contributed by atoms with Gasteiger partial charge < -0.3 is 19.8 Å². The number of nitriles is 1. The summed E-state index contributed by atoms with van der Waals surface area (Å²) in [7, 11) is 0. The summed E-state index contributed by atoms with van der Waals surface area (Å²) in [5.41, 5.74) is 7.47. The number of nitrogens with two attached hydrogens (primary N) is 1. The molecule has 1 aromatic heterocycles. The number of allylic oxidation sites excluding steroid dienone is 1. The van der Waals surface area contributed by atoms with Gasteiger partial charge in [0.05, 0.1) is 17.5 Å². The molecule has 0 fully saturated rings. The van der Waals surface area contributed by atoms with E-state index in [4.69, 9.17) is 14.9 Å². The Morgan fingerprint density at radius 1 is 1.19 bits per heavy atom. The molecular weight excluding hydrogens is 394 g/mol. The molecule has 0 radical (unpaired) electrons. The Labute approximate surface area is 178 Å². The first-order valence-corrected chi connectivity index (χ1v) is 10.4. The van der Waals surface area contributed by atoms with Gasteiger partial charge in [-0.15, -0.1) is 0 Å². The highest BCUT2D eigenvalue weighted by molar-refractivity contribution is 6.20. The van der Waals surface area contributed by atoms with E-state index in [0.717, 1.165) is 24.1 Å². The average molecular weight is 413 g/mol. The van der Waals surface area contributed by atoms with E-state index < -0.39 is 5.41 Å². The standard InChI is InChI=1S/C24H19N3O4/c25-12-16-22(26)31-19-11-14(18-7-3-9-30-18)10-17(28)20(19)24(16)15-6-1-4-13-5-2-8-27(21(13)15)23(24)29/h1,3-4,6-7,9,14H,2,5,8,10-11,26H2/t14-,24-/m1/s1. The number of carbonyl (C=O) groups excluding carboxylic acids is 2. The van der Waals surface area contributed by atoms with Crippen molar-refractivity contribution in [1.29, 1.82) is 5.26 Å². The third kappa shape index (κ3) is 2.12. The Morgan fingerprint density at radius 3 is 2.84 bits per heavy atom. The number of aryl methyl sites for hydroxylation is 1. The molecule has 7 heteroatoms. The van der Waals surface area contributed by atoms with Crippen LogP contribution in [-0.4, -0.2) is 18.2 Å². The number of ketones is 1. The lowest BCUT2D eigenvalue weighted by Gasteiger charge is -2.39. The minimum absolute atomic E-state index is 0.00356. The maximum absolute atomic E-state index is 14.0. The first-order chi connectivity index (χ1) is 15.1. The van der Waals surface area contributed by atoms with Gasteiger partial charge in [0.2, 0.25) is 11.8 Å². The normalized spacial score (nSPS) is 26.7. The Kier molecular flexibility index (Phi) is 3.55. The summed E-state index contributed by atoms with van der Waals surface area (Å²) in [6.45, 7) is 0.551. The molecule has 4 aliphatic rings. The predicted molar refractivity (Wildman–Crippen MR) is 109 cm³/mol. The summed E-state index contributed by atoms with van der Waals surface area (Å²) < 4.78 is 11.4. The maximum atomic E-state index is 14.0. The van der Waals surface area contributed by atoms with Crippen molar-refractivity contribution in [2.45, 2.75) is 37.0 Å². The van der Waals surface area contributed by atoms with Crippen molar-refractivity contribution < 1.29 is 18.7 Å². The Hall–Kier alpha value is -3.79. The van der Waals surface area contributed by atoms with Crippen LogP contribution >= 0.6 is 0 Å². The molecule has 6 rings (SSSR count). The van der Waals surface area contributed by atoms with Gasteiger partial charge in [-0.25, -0.2) is 0 Å². The van der Waals surface area contributed by atoms with E-state index in [1.807, 2.05) is 24.3 Å². The molecule has 2 N–H and O–H groups in total. The first-order valence-electron chi connectivity index (χ1n) is 10.4. The molecule has 31 heavy (non-hydrogen) atoms. The summed E-state index contributed by atoms with van der Waals surface area (Å²) in [5, 5.41) is 10.1. The first kappa shape index (κ1) is 18.0. The van der Waals surface area contributed by atoms with Crippen molar-refractivity contribution in [1.82, 2.24) is 0 Å². The van der Waals surface area contributed by atoms with Gasteiger partial charge in [0, 0.05) is 30.9 Å². The number of nitrogens with zero attached hydrogens (tertiary/aromatic N) is 2. The molecule has 1 aliphatic carbocycles. The quantitative estimate of drug-likeness (QED) is 0.770. The van der Waals surface area contributed by atoms with Crippen LogP contribution in [0, 0.1) is 11.3 Å². The Bertz CT molecular complexity index is 1260. The van der Waals surface area contributed by atoms with E-state index in [1.165, 1.54) is 0 Å². The molecule has 3 aliphatic heterocycles. The molecule has 1 aromatic carbocycles. The number of Topliss-reactive ketones (excluding diaryl/α,β-unsaturated/α-hetero) is 1.